The molecular formula is C19H19N4OPt-3. The minimum absolute atomic E-state index is 0. The fourth-order valence-corrected chi connectivity index (χ4v) is 1.99. The Morgan fingerprint density at radius 2 is 1.88 bits per heavy atom. The van der Waals surface area contributed by atoms with Gasteiger partial charge in [-0.3, -0.25) is 4.79 Å². The van der Waals surface area contributed by atoms with E-state index in [1.807, 2.05) is 71.3 Å². The molecule has 134 valence electrons. The van der Waals surface area contributed by atoms with Crippen LogP contribution in [0.2, 0.25) is 0 Å². The summed E-state index contributed by atoms with van der Waals surface area (Å²) in [6.45, 7) is 4.98. The fraction of sp³-hybridized carbons (Fsp3) is 0.105. The molecule has 0 aliphatic carbocycles. The van der Waals surface area contributed by atoms with Crippen molar-refractivity contribution in [3.8, 4) is 0 Å². The maximum absolute atomic E-state index is 10.1. The van der Waals surface area contributed by atoms with E-state index >= 15 is 0 Å². The third-order valence-corrected chi connectivity index (χ3v) is 2.94. The minimum Gasteiger partial charge on any atom is -0.702 e. The number of para-hydroxylation sites is 1. The van der Waals surface area contributed by atoms with E-state index < -0.39 is 0 Å². The third-order valence-electron chi connectivity index (χ3n) is 2.94. The van der Waals surface area contributed by atoms with Gasteiger partial charge in [0.25, 0.3) is 0 Å². The second-order valence-corrected chi connectivity index (χ2v) is 5.10. The molecule has 0 saturated heterocycles. The number of allylic oxidation sites excluding steroid dienone is 2. The number of carbonyl (C=O) groups is 1. The van der Waals surface area contributed by atoms with Gasteiger partial charge >= 0.3 is 0 Å². The van der Waals surface area contributed by atoms with Crippen molar-refractivity contribution in [3.63, 3.8) is 0 Å². The molecule has 1 N–H and O–H groups in total. The van der Waals surface area contributed by atoms with E-state index in [-0.39, 0.29) is 26.8 Å². The summed E-state index contributed by atoms with van der Waals surface area (Å²) in [5, 5.41) is 0. The number of hydrogen-bond donors (Lipinski definition) is 0. The number of nitrogens with one attached hydrogen (secondary N) is 1. The number of ketones is 1. The summed E-state index contributed by atoms with van der Waals surface area (Å²) in [5.74, 6) is 0.842. The number of aromatic nitrogens is 1. The molecule has 1 aromatic heterocycles. The summed E-state index contributed by atoms with van der Waals surface area (Å²) in [4.78, 5) is 18.3. The Morgan fingerprint density at radius 3 is 2.40 bits per heavy atom. The second-order valence-electron chi connectivity index (χ2n) is 5.10. The molecule has 0 amide bonds. The van der Waals surface area contributed by atoms with Gasteiger partial charge in [-0.15, -0.1) is 12.4 Å². The molecule has 0 radical (unpaired) electrons. The average molecular weight is 514 g/mol. The first-order chi connectivity index (χ1) is 11.6. The Bertz CT molecular complexity index is 665. The maximum atomic E-state index is 10.1. The summed E-state index contributed by atoms with van der Waals surface area (Å²) in [5.41, 5.74) is 8.08. The number of pyridine rings is 1. The summed E-state index contributed by atoms with van der Waals surface area (Å²) in [6.07, 6.45) is 7.03. The van der Waals surface area contributed by atoms with Crippen molar-refractivity contribution in [1.29, 1.82) is 0 Å². The van der Waals surface area contributed by atoms with Gasteiger partial charge in [0.05, 0.1) is 0 Å². The van der Waals surface area contributed by atoms with Crippen molar-refractivity contribution >= 4 is 17.3 Å². The van der Waals surface area contributed by atoms with Crippen LogP contribution in [0.1, 0.15) is 13.8 Å². The van der Waals surface area contributed by atoms with Crippen molar-refractivity contribution in [2.45, 2.75) is 13.8 Å². The minimum atomic E-state index is -0.0625. The van der Waals surface area contributed by atoms with Gasteiger partial charge < -0.3 is 15.5 Å². The van der Waals surface area contributed by atoms with Crippen molar-refractivity contribution in [2.75, 3.05) is 9.80 Å². The van der Waals surface area contributed by atoms with Gasteiger partial charge in [-0.2, -0.15) is 36.0 Å². The number of nitrogens with zero attached hydrogens (tertiary/aromatic N) is 3. The molecule has 2 aromatic rings. The Morgan fingerprint density at radius 1 is 1.16 bits per heavy atom. The van der Waals surface area contributed by atoms with Crippen LogP contribution in [0.5, 0.6) is 0 Å². The van der Waals surface area contributed by atoms with E-state index in [1.165, 1.54) is 13.0 Å². The van der Waals surface area contributed by atoms with E-state index in [0.29, 0.717) is 5.70 Å². The summed E-state index contributed by atoms with van der Waals surface area (Å²) < 4.78 is 0. The zero-order valence-electron chi connectivity index (χ0n) is 14.0. The number of anilines is 2. The Hall–Kier alpha value is -2.39. The molecule has 1 aromatic carbocycles. The zero-order chi connectivity index (χ0) is 17.4. The first kappa shape index (κ1) is 20.7. The molecule has 6 heteroatoms. The van der Waals surface area contributed by atoms with Gasteiger partial charge in [0, 0.05) is 27.3 Å². The van der Waals surface area contributed by atoms with E-state index in [4.69, 9.17) is 5.73 Å². The predicted molar refractivity (Wildman–Crippen MR) is 96.7 cm³/mol. The molecule has 25 heavy (non-hydrogen) atoms. The van der Waals surface area contributed by atoms with Crippen molar-refractivity contribution < 1.29 is 25.9 Å². The monoisotopic (exact) mass is 514 g/mol. The molecule has 2 heterocycles. The van der Waals surface area contributed by atoms with Crippen LogP contribution in [0.3, 0.4) is 0 Å². The third kappa shape index (κ3) is 6.94. The van der Waals surface area contributed by atoms with Crippen molar-refractivity contribution in [3.05, 3.63) is 91.3 Å². The quantitative estimate of drug-likeness (QED) is 0.452. The van der Waals surface area contributed by atoms with E-state index in [0.717, 1.165) is 11.5 Å². The molecule has 0 unspecified atom stereocenters. The molecule has 5 nitrogen and oxygen atoms in total. The summed E-state index contributed by atoms with van der Waals surface area (Å²) in [7, 11) is 0. The predicted octanol–water partition coefficient (Wildman–Crippen LogP) is 4.33. The number of hydrogen-bond acceptors (Lipinski definition) is 4. The topological polar surface area (TPSA) is 60.2 Å². The molecule has 0 atom stereocenters. The Labute approximate surface area is 163 Å². The molecular weight excluding hydrogens is 495 g/mol. The second kappa shape index (κ2) is 10.5. The molecule has 3 rings (SSSR count). The summed E-state index contributed by atoms with van der Waals surface area (Å²) in [6, 6.07) is 16.9. The number of benzene rings is 1. The van der Waals surface area contributed by atoms with Crippen LogP contribution in [0.25, 0.3) is 5.73 Å². The summed E-state index contributed by atoms with van der Waals surface area (Å²) >= 11 is 0. The van der Waals surface area contributed by atoms with Gasteiger partial charge in [0.15, 0.2) is 5.78 Å². The van der Waals surface area contributed by atoms with Crippen LogP contribution in [-0.4, -0.2) is 10.8 Å². The SMILES string of the molecule is CC(=O)/C=C(/C)[NH-].[Pt].[c-]1ccccc1N1C=CN(c2ccccn2)[CH-]1. The maximum Gasteiger partial charge on any atom is 0.151 e. The number of rotatable bonds is 3. The van der Waals surface area contributed by atoms with Crippen LogP contribution >= 0.6 is 0 Å². The Kier molecular flexibility index (Phi) is 8.65. The van der Waals surface area contributed by atoms with Gasteiger partial charge in [-0.1, -0.05) is 13.0 Å². The Balaban J connectivity index is 0.000000339. The van der Waals surface area contributed by atoms with Gasteiger partial charge in [0.2, 0.25) is 0 Å². The number of carbonyl (C=O) groups excluding carboxylic acids is 1. The van der Waals surface area contributed by atoms with Crippen LogP contribution < -0.4 is 9.80 Å². The average Bonchev–Trinajstić information content (AvgIpc) is 3.06. The fourth-order valence-electron chi connectivity index (χ4n) is 1.99. The molecule has 1 aliphatic heterocycles. The molecule has 1 aliphatic rings. The van der Waals surface area contributed by atoms with Crippen LogP contribution in [-0.2, 0) is 25.9 Å². The first-order valence-corrected chi connectivity index (χ1v) is 7.44. The van der Waals surface area contributed by atoms with Crippen molar-refractivity contribution in [1.82, 2.24) is 4.98 Å². The normalized spacial score (nSPS) is 13.0. The van der Waals surface area contributed by atoms with Crippen LogP contribution in [0, 0.1) is 12.7 Å². The standard InChI is InChI=1S/C14H11N3.C5H9NO.Pt/c1-2-6-13(7-3-1)16-10-11-17(12-16)14-8-4-5-9-15-14;1-4(6)3-5(2)7;/h1-6,8-12H;3H,1-2H3,(H2,6,7);/q-2;;/p-1. The smallest absolute Gasteiger partial charge is 0.151 e. The van der Waals surface area contributed by atoms with Crippen molar-refractivity contribution in [2.24, 2.45) is 0 Å². The zero-order valence-corrected chi connectivity index (χ0v) is 16.3. The van der Waals surface area contributed by atoms with E-state index in [1.54, 1.807) is 13.1 Å². The van der Waals surface area contributed by atoms with Gasteiger partial charge in [-0.25, -0.2) is 4.98 Å². The largest absolute Gasteiger partial charge is 0.702 e. The molecule has 0 spiro atoms. The van der Waals surface area contributed by atoms with E-state index in [9.17, 15) is 4.79 Å². The van der Waals surface area contributed by atoms with Crippen LogP contribution in [0.15, 0.2) is 72.8 Å². The van der Waals surface area contributed by atoms with Gasteiger partial charge in [-0.05, 0) is 37.5 Å². The van der Waals surface area contributed by atoms with Gasteiger partial charge in [0.1, 0.15) is 5.82 Å². The van der Waals surface area contributed by atoms with Crippen LogP contribution in [0.4, 0.5) is 11.5 Å². The molecule has 0 bridgehead atoms. The molecule has 0 fully saturated rings. The molecule has 0 saturated carbocycles. The van der Waals surface area contributed by atoms with E-state index in [2.05, 4.69) is 11.1 Å². The first-order valence-electron chi connectivity index (χ1n) is 7.44.